The van der Waals surface area contributed by atoms with E-state index >= 15 is 0 Å². The van der Waals surface area contributed by atoms with Gasteiger partial charge in [0.15, 0.2) is 0 Å². The van der Waals surface area contributed by atoms with Gasteiger partial charge in [-0.1, -0.05) is 18.2 Å². The fourth-order valence-corrected chi connectivity index (χ4v) is 2.53. The molecule has 128 valence electrons. The van der Waals surface area contributed by atoms with Crippen molar-refractivity contribution in [3.05, 3.63) is 66.0 Å². The van der Waals surface area contributed by atoms with Gasteiger partial charge in [-0.2, -0.15) is 5.10 Å². The van der Waals surface area contributed by atoms with Crippen LogP contribution in [0.25, 0.3) is 5.69 Å². The number of aryl methyl sites for hydroxylation is 1. The van der Waals surface area contributed by atoms with Gasteiger partial charge in [-0.15, -0.1) is 0 Å². The Morgan fingerprint density at radius 1 is 1.04 bits per heavy atom. The molecule has 0 aliphatic rings. The van der Waals surface area contributed by atoms with Crippen LogP contribution in [-0.4, -0.2) is 29.9 Å². The highest BCUT2D eigenvalue weighted by atomic mass is 16.5. The number of ether oxygens (including phenoxy) is 2. The van der Waals surface area contributed by atoms with E-state index in [9.17, 15) is 4.79 Å². The fourth-order valence-electron chi connectivity index (χ4n) is 2.53. The summed E-state index contributed by atoms with van der Waals surface area (Å²) in [5.74, 6) is 0.900. The standard InChI is InChI=1S/C19H19N3O3/c1-13-11-17(22(21-13)14-7-5-4-6-8-14)19(23)20-16-12-15(24-2)9-10-18(16)25-3/h4-12H,1-3H3,(H,20,23). The zero-order valence-corrected chi connectivity index (χ0v) is 14.3. The number of carbonyl (C=O) groups excluding carboxylic acids is 1. The number of anilines is 1. The molecule has 1 amide bonds. The highest BCUT2D eigenvalue weighted by Crippen LogP contribution is 2.29. The number of nitrogens with one attached hydrogen (secondary N) is 1. The molecule has 25 heavy (non-hydrogen) atoms. The molecule has 3 aromatic rings. The van der Waals surface area contributed by atoms with Crippen LogP contribution < -0.4 is 14.8 Å². The maximum atomic E-state index is 12.8. The van der Waals surface area contributed by atoms with Crippen LogP contribution in [0.1, 0.15) is 16.2 Å². The van der Waals surface area contributed by atoms with Crippen LogP contribution >= 0.6 is 0 Å². The first-order valence-corrected chi connectivity index (χ1v) is 7.78. The Balaban J connectivity index is 1.95. The van der Waals surface area contributed by atoms with Crippen molar-refractivity contribution in [2.45, 2.75) is 6.92 Å². The molecule has 1 heterocycles. The number of methoxy groups -OCH3 is 2. The van der Waals surface area contributed by atoms with E-state index in [1.165, 1.54) is 0 Å². The molecule has 0 fully saturated rings. The third-order valence-electron chi connectivity index (χ3n) is 3.72. The Morgan fingerprint density at radius 2 is 1.80 bits per heavy atom. The molecule has 0 aliphatic heterocycles. The number of rotatable bonds is 5. The topological polar surface area (TPSA) is 65.4 Å². The molecular formula is C19H19N3O3. The summed E-state index contributed by atoms with van der Waals surface area (Å²) in [6.07, 6.45) is 0. The summed E-state index contributed by atoms with van der Waals surface area (Å²) in [5, 5.41) is 7.29. The first-order chi connectivity index (χ1) is 12.1. The van der Waals surface area contributed by atoms with E-state index in [1.807, 2.05) is 37.3 Å². The third-order valence-corrected chi connectivity index (χ3v) is 3.72. The van der Waals surface area contributed by atoms with Crippen molar-refractivity contribution in [1.29, 1.82) is 0 Å². The van der Waals surface area contributed by atoms with Gasteiger partial charge < -0.3 is 14.8 Å². The number of carbonyl (C=O) groups is 1. The average molecular weight is 337 g/mol. The fraction of sp³-hybridized carbons (Fsp3) is 0.158. The van der Waals surface area contributed by atoms with Crippen LogP contribution in [0.2, 0.25) is 0 Å². The van der Waals surface area contributed by atoms with Gasteiger partial charge in [0.05, 0.1) is 31.3 Å². The van der Waals surface area contributed by atoms with Crippen LogP contribution in [0.15, 0.2) is 54.6 Å². The van der Waals surface area contributed by atoms with Gasteiger partial charge in [0.2, 0.25) is 0 Å². The molecule has 0 unspecified atom stereocenters. The Bertz CT molecular complexity index is 888. The summed E-state index contributed by atoms with van der Waals surface area (Å²) < 4.78 is 12.1. The monoisotopic (exact) mass is 337 g/mol. The Morgan fingerprint density at radius 3 is 2.48 bits per heavy atom. The van der Waals surface area contributed by atoms with Gasteiger partial charge in [-0.25, -0.2) is 4.68 Å². The summed E-state index contributed by atoms with van der Waals surface area (Å²) >= 11 is 0. The van der Waals surface area contributed by atoms with Crippen LogP contribution in [0, 0.1) is 6.92 Å². The second-order valence-electron chi connectivity index (χ2n) is 5.44. The molecule has 1 N–H and O–H groups in total. The number of amides is 1. The minimum Gasteiger partial charge on any atom is -0.497 e. The number of hydrogen-bond donors (Lipinski definition) is 1. The number of hydrogen-bond acceptors (Lipinski definition) is 4. The first-order valence-electron chi connectivity index (χ1n) is 7.78. The van der Waals surface area contributed by atoms with E-state index in [-0.39, 0.29) is 5.91 Å². The lowest BCUT2D eigenvalue weighted by atomic mass is 10.2. The van der Waals surface area contributed by atoms with Gasteiger partial charge in [-0.05, 0) is 37.3 Å². The Kier molecular flexibility index (Phi) is 4.70. The van der Waals surface area contributed by atoms with Gasteiger partial charge >= 0.3 is 0 Å². The van der Waals surface area contributed by atoms with E-state index in [1.54, 1.807) is 43.2 Å². The van der Waals surface area contributed by atoms with Gasteiger partial charge in [0, 0.05) is 6.07 Å². The lowest BCUT2D eigenvalue weighted by Gasteiger charge is -2.12. The summed E-state index contributed by atoms with van der Waals surface area (Å²) in [6, 6.07) is 16.5. The van der Waals surface area contributed by atoms with E-state index in [4.69, 9.17) is 9.47 Å². The molecule has 2 aromatic carbocycles. The minimum absolute atomic E-state index is 0.281. The summed E-state index contributed by atoms with van der Waals surface area (Å²) in [5.41, 5.74) is 2.55. The highest BCUT2D eigenvalue weighted by molar-refractivity contribution is 6.04. The van der Waals surface area contributed by atoms with E-state index in [2.05, 4.69) is 10.4 Å². The molecule has 0 aliphatic carbocycles. The maximum absolute atomic E-state index is 12.8. The first kappa shape index (κ1) is 16.6. The Labute approximate surface area is 146 Å². The second-order valence-corrected chi connectivity index (χ2v) is 5.44. The van der Waals surface area contributed by atoms with Crippen molar-refractivity contribution in [3.63, 3.8) is 0 Å². The van der Waals surface area contributed by atoms with E-state index < -0.39 is 0 Å². The minimum atomic E-state index is -0.281. The smallest absolute Gasteiger partial charge is 0.274 e. The summed E-state index contributed by atoms with van der Waals surface area (Å²) in [6.45, 7) is 1.85. The number of nitrogens with zero attached hydrogens (tertiary/aromatic N) is 2. The lowest BCUT2D eigenvalue weighted by Crippen LogP contribution is -2.17. The lowest BCUT2D eigenvalue weighted by molar-refractivity contribution is 0.101. The van der Waals surface area contributed by atoms with Crippen molar-refractivity contribution in [2.75, 3.05) is 19.5 Å². The van der Waals surface area contributed by atoms with E-state index in [0.29, 0.717) is 22.9 Å². The zero-order valence-electron chi connectivity index (χ0n) is 14.3. The van der Waals surface area contributed by atoms with Gasteiger partial charge in [-0.3, -0.25) is 4.79 Å². The number of benzene rings is 2. The molecular weight excluding hydrogens is 318 g/mol. The molecule has 0 bridgehead atoms. The molecule has 0 spiro atoms. The summed E-state index contributed by atoms with van der Waals surface area (Å²) in [7, 11) is 3.12. The zero-order chi connectivity index (χ0) is 17.8. The van der Waals surface area contributed by atoms with Crippen molar-refractivity contribution in [2.24, 2.45) is 0 Å². The molecule has 1 aromatic heterocycles. The molecule has 3 rings (SSSR count). The average Bonchev–Trinajstić information content (AvgIpc) is 3.04. The van der Waals surface area contributed by atoms with Crippen LogP contribution in [-0.2, 0) is 0 Å². The molecule has 0 saturated heterocycles. The molecule has 0 radical (unpaired) electrons. The largest absolute Gasteiger partial charge is 0.497 e. The van der Waals surface area contributed by atoms with Crippen molar-refractivity contribution in [1.82, 2.24) is 9.78 Å². The van der Waals surface area contributed by atoms with E-state index in [0.717, 1.165) is 11.4 Å². The normalized spacial score (nSPS) is 10.4. The predicted octanol–water partition coefficient (Wildman–Crippen LogP) is 3.45. The third kappa shape index (κ3) is 3.47. The van der Waals surface area contributed by atoms with Gasteiger partial charge in [0.1, 0.15) is 17.2 Å². The maximum Gasteiger partial charge on any atom is 0.274 e. The Hall–Kier alpha value is -3.28. The highest BCUT2D eigenvalue weighted by Gasteiger charge is 2.17. The molecule has 0 saturated carbocycles. The molecule has 0 atom stereocenters. The SMILES string of the molecule is COc1ccc(OC)c(NC(=O)c2cc(C)nn2-c2ccccc2)c1. The van der Waals surface area contributed by atoms with Gasteiger partial charge in [0.25, 0.3) is 5.91 Å². The number of para-hydroxylation sites is 1. The van der Waals surface area contributed by atoms with Crippen molar-refractivity contribution < 1.29 is 14.3 Å². The van der Waals surface area contributed by atoms with Crippen molar-refractivity contribution in [3.8, 4) is 17.2 Å². The van der Waals surface area contributed by atoms with Crippen LogP contribution in [0.3, 0.4) is 0 Å². The quantitative estimate of drug-likeness (QED) is 0.774. The van der Waals surface area contributed by atoms with Crippen LogP contribution in [0.5, 0.6) is 11.5 Å². The number of aromatic nitrogens is 2. The molecule has 6 heteroatoms. The van der Waals surface area contributed by atoms with Crippen LogP contribution in [0.4, 0.5) is 5.69 Å². The molecule has 6 nitrogen and oxygen atoms in total. The second kappa shape index (κ2) is 7.09. The predicted molar refractivity (Wildman–Crippen MR) is 95.8 cm³/mol. The summed E-state index contributed by atoms with van der Waals surface area (Å²) in [4.78, 5) is 12.8. The van der Waals surface area contributed by atoms with Crippen molar-refractivity contribution >= 4 is 11.6 Å².